The van der Waals surface area contributed by atoms with E-state index in [1.165, 1.54) is 7.11 Å². The van der Waals surface area contributed by atoms with Crippen LogP contribution < -0.4 is 10.6 Å². The van der Waals surface area contributed by atoms with Gasteiger partial charge in [-0.2, -0.15) is 0 Å². The van der Waals surface area contributed by atoms with Gasteiger partial charge in [-0.05, 0) is 20.8 Å². The molecule has 0 aromatic carbocycles. The molecule has 1 rings (SSSR count). The second-order valence-corrected chi connectivity index (χ2v) is 7.34. The summed E-state index contributed by atoms with van der Waals surface area (Å²) in [5, 5.41) is 35.4. The van der Waals surface area contributed by atoms with Gasteiger partial charge in [0.05, 0.1) is 20.1 Å². The predicted molar refractivity (Wildman–Crippen MR) is 96.4 cm³/mol. The van der Waals surface area contributed by atoms with Gasteiger partial charge in [-0.15, -0.1) is 0 Å². The molecule has 0 unspecified atom stereocenters. The van der Waals surface area contributed by atoms with Crippen LogP contribution in [0.4, 0.5) is 4.79 Å². The zero-order valence-electron chi connectivity index (χ0n) is 16.7. The number of methoxy groups -OCH3 is 1. The summed E-state index contributed by atoms with van der Waals surface area (Å²) in [6.07, 6.45) is -6.77. The minimum absolute atomic E-state index is 0.00766. The summed E-state index contributed by atoms with van der Waals surface area (Å²) in [6, 6.07) is 0. The predicted octanol–water partition coefficient (Wildman–Crippen LogP) is -1.51. The molecule has 0 bridgehead atoms. The van der Waals surface area contributed by atoms with Gasteiger partial charge >= 0.3 is 12.1 Å². The Morgan fingerprint density at radius 3 is 2.36 bits per heavy atom. The van der Waals surface area contributed by atoms with E-state index in [-0.39, 0.29) is 32.1 Å². The number of hydrogen-bond donors (Lipinski definition) is 5. The topological polar surface area (TPSA) is 156 Å². The van der Waals surface area contributed by atoms with Crippen LogP contribution in [0.1, 0.15) is 27.2 Å². The zero-order chi connectivity index (χ0) is 21.3. The van der Waals surface area contributed by atoms with Gasteiger partial charge in [0.25, 0.3) is 0 Å². The standard InChI is InChI=1S/C17H32N2O9/c1-17(2,3)28-16(24)19-7-8-26-15-14(23)13(22)12(21)10(27-15)9-18-6-5-11(20)25-4/h10,12-15,18,21-23H,5-9H2,1-4H3,(H,19,24)/t10-,12-,13+,14+,15+/m1/s1. The molecule has 1 heterocycles. The summed E-state index contributed by atoms with van der Waals surface area (Å²) < 4.78 is 20.5. The van der Waals surface area contributed by atoms with Crippen molar-refractivity contribution in [3.8, 4) is 0 Å². The lowest BCUT2D eigenvalue weighted by Gasteiger charge is -2.40. The van der Waals surface area contributed by atoms with Gasteiger partial charge in [-0.3, -0.25) is 4.79 Å². The van der Waals surface area contributed by atoms with Crippen LogP contribution in [0, 0.1) is 0 Å². The number of aliphatic hydroxyl groups excluding tert-OH is 3. The summed E-state index contributed by atoms with van der Waals surface area (Å²) in [5.41, 5.74) is -0.623. The molecule has 5 atom stereocenters. The average molecular weight is 408 g/mol. The van der Waals surface area contributed by atoms with Crippen molar-refractivity contribution in [2.45, 2.75) is 63.5 Å². The number of carbonyl (C=O) groups is 2. The van der Waals surface area contributed by atoms with Crippen LogP contribution in [0.2, 0.25) is 0 Å². The number of carbonyl (C=O) groups excluding carboxylic acids is 2. The van der Waals surface area contributed by atoms with E-state index >= 15 is 0 Å². The molecule has 28 heavy (non-hydrogen) atoms. The summed E-state index contributed by atoms with van der Waals surface area (Å²) in [6.45, 7) is 5.72. The lowest BCUT2D eigenvalue weighted by molar-refractivity contribution is -0.294. The number of alkyl carbamates (subject to hydrolysis) is 1. The lowest BCUT2D eigenvalue weighted by atomic mass is 9.99. The van der Waals surface area contributed by atoms with E-state index in [1.54, 1.807) is 20.8 Å². The molecule has 1 aliphatic heterocycles. The van der Waals surface area contributed by atoms with Gasteiger partial charge in [0, 0.05) is 19.6 Å². The van der Waals surface area contributed by atoms with Crippen molar-refractivity contribution < 1.29 is 43.9 Å². The second kappa shape index (κ2) is 11.5. The Bertz CT molecular complexity index is 498. The minimum atomic E-state index is -1.47. The minimum Gasteiger partial charge on any atom is -0.469 e. The zero-order valence-corrected chi connectivity index (χ0v) is 16.7. The first kappa shape index (κ1) is 24.5. The molecule has 0 aromatic heterocycles. The highest BCUT2D eigenvalue weighted by molar-refractivity contribution is 5.69. The molecule has 1 amide bonds. The number of rotatable bonds is 9. The Labute approximate surface area is 164 Å². The van der Waals surface area contributed by atoms with E-state index in [0.717, 1.165) is 0 Å². The summed E-state index contributed by atoms with van der Waals surface area (Å²) in [5.74, 6) is -0.383. The first-order chi connectivity index (χ1) is 13.0. The first-order valence-corrected chi connectivity index (χ1v) is 9.11. The molecular formula is C17H32N2O9. The summed E-state index contributed by atoms with van der Waals surface area (Å²) >= 11 is 0. The molecule has 11 heteroatoms. The first-order valence-electron chi connectivity index (χ1n) is 9.11. The quantitative estimate of drug-likeness (QED) is 0.224. The fourth-order valence-corrected chi connectivity index (χ4v) is 2.40. The number of aliphatic hydroxyl groups is 3. The maximum atomic E-state index is 11.6. The molecule has 1 aliphatic rings. The van der Waals surface area contributed by atoms with Crippen LogP contribution in [-0.4, -0.2) is 97.0 Å². The summed E-state index contributed by atoms with van der Waals surface area (Å²) in [4.78, 5) is 22.6. The molecule has 1 fully saturated rings. The number of ether oxygens (including phenoxy) is 4. The SMILES string of the molecule is COC(=O)CCNC[C@H]1O[C@H](OCCNC(=O)OC(C)(C)C)[C@@H](O)[C@@H](O)[C@@H]1O. The van der Waals surface area contributed by atoms with Crippen molar-refractivity contribution in [1.29, 1.82) is 0 Å². The Morgan fingerprint density at radius 1 is 1.07 bits per heavy atom. The number of esters is 1. The van der Waals surface area contributed by atoms with Gasteiger partial charge < -0.3 is 44.9 Å². The Hall–Kier alpha value is -1.50. The Morgan fingerprint density at radius 2 is 1.75 bits per heavy atom. The molecule has 0 aromatic rings. The van der Waals surface area contributed by atoms with E-state index in [1.807, 2.05) is 0 Å². The maximum absolute atomic E-state index is 11.6. The van der Waals surface area contributed by atoms with Gasteiger partial charge in [-0.25, -0.2) is 4.79 Å². The molecule has 5 N–H and O–H groups in total. The normalized spacial score (nSPS) is 27.9. The van der Waals surface area contributed by atoms with E-state index in [0.29, 0.717) is 6.54 Å². The third-order valence-corrected chi connectivity index (χ3v) is 3.80. The number of hydrogen-bond acceptors (Lipinski definition) is 10. The largest absolute Gasteiger partial charge is 0.469 e. The smallest absolute Gasteiger partial charge is 0.407 e. The van der Waals surface area contributed by atoms with E-state index in [2.05, 4.69) is 15.4 Å². The lowest BCUT2D eigenvalue weighted by Crippen LogP contribution is -2.60. The average Bonchev–Trinajstić information content (AvgIpc) is 2.61. The third-order valence-electron chi connectivity index (χ3n) is 3.80. The van der Waals surface area contributed by atoms with Crippen molar-refractivity contribution in [2.75, 3.05) is 33.4 Å². The van der Waals surface area contributed by atoms with Gasteiger partial charge in [0.2, 0.25) is 0 Å². The molecule has 1 saturated heterocycles. The van der Waals surface area contributed by atoms with E-state index < -0.39 is 42.4 Å². The molecular weight excluding hydrogens is 376 g/mol. The van der Waals surface area contributed by atoms with Crippen LogP contribution in [-0.2, 0) is 23.7 Å². The van der Waals surface area contributed by atoms with Crippen LogP contribution in [0.15, 0.2) is 0 Å². The Kier molecular flexibility index (Phi) is 10.1. The molecule has 0 spiro atoms. The monoisotopic (exact) mass is 408 g/mol. The van der Waals surface area contributed by atoms with Gasteiger partial charge in [-0.1, -0.05) is 0 Å². The van der Waals surface area contributed by atoms with Gasteiger partial charge in [0.15, 0.2) is 6.29 Å². The van der Waals surface area contributed by atoms with Crippen LogP contribution >= 0.6 is 0 Å². The molecule has 164 valence electrons. The fourth-order valence-electron chi connectivity index (χ4n) is 2.40. The Balaban J connectivity index is 2.39. The van der Waals surface area contributed by atoms with Crippen molar-refractivity contribution in [3.63, 3.8) is 0 Å². The maximum Gasteiger partial charge on any atom is 0.407 e. The third kappa shape index (κ3) is 8.67. The highest BCUT2D eigenvalue weighted by Gasteiger charge is 2.44. The van der Waals surface area contributed by atoms with E-state index in [9.17, 15) is 24.9 Å². The molecule has 0 saturated carbocycles. The second-order valence-electron chi connectivity index (χ2n) is 7.34. The highest BCUT2D eigenvalue weighted by atomic mass is 16.7. The molecule has 0 radical (unpaired) electrons. The highest BCUT2D eigenvalue weighted by Crippen LogP contribution is 2.21. The van der Waals surface area contributed by atoms with Crippen molar-refractivity contribution in [1.82, 2.24) is 10.6 Å². The van der Waals surface area contributed by atoms with Crippen molar-refractivity contribution in [3.05, 3.63) is 0 Å². The van der Waals surface area contributed by atoms with Crippen LogP contribution in [0.3, 0.4) is 0 Å². The van der Waals surface area contributed by atoms with E-state index in [4.69, 9.17) is 14.2 Å². The van der Waals surface area contributed by atoms with Crippen molar-refractivity contribution >= 4 is 12.1 Å². The summed E-state index contributed by atoms with van der Waals surface area (Å²) in [7, 11) is 1.29. The molecule has 0 aliphatic carbocycles. The van der Waals surface area contributed by atoms with Gasteiger partial charge in [0.1, 0.15) is 30.0 Å². The number of nitrogens with one attached hydrogen (secondary N) is 2. The fraction of sp³-hybridized carbons (Fsp3) is 0.882. The molecule has 11 nitrogen and oxygen atoms in total. The van der Waals surface area contributed by atoms with Crippen molar-refractivity contribution in [2.24, 2.45) is 0 Å². The van der Waals surface area contributed by atoms with Crippen LogP contribution in [0.5, 0.6) is 0 Å². The number of amides is 1. The van der Waals surface area contributed by atoms with Crippen LogP contribution in [0.25, 0.3) is 0 Å².